The van der Waals surface area contributed by atoms with Crippen molar-refractivity contribution in [2.45, 2.75) is 12.1 Å². The molecule has 0 atom stereocenters. The number of hydrogen-bond acceptors (Lipinski definition) is 5. The third-order valence-electron chi connectivity index (χ3n) is 3.76. The summed E-state index contributed by atoms with van der Waals surface area (Å²) in [6, 6.07) is 12.4. The topological polar surface area (TPSA) is 90.1 Å². The molecule has 27 heavy (non-hydrogen) atoms. The minimum absolute atomic E-state index is 0.0824. The highest BCUT2D eigenvalue weighted by Crippen LogP contribution is 2.28. The van der Waals surface area contributed by atoms with Gasteiger partial charge in [0.25, 0.3) is 5.69 Å². The number of aryl methyl sites for hydroxylation is 1. The van der Waals surface area contributed by atoms with Crippen LogP contribution in [-0.4, -0.2) is 26.1 Å². The van der Waals surface area contributed by atoms with Crippen LogP contribution in [0.3, 0.4) is 0 Å². The number of nitrogens with zero attached hydrogens (tertiary/aromatic N) is 3. The van der Waals surface area contributed by atoms with Gasteiger partial charge >= 0.3 is 0 Å². The normalized spacial score (nSPS) is 10.6. The van der Waals surface area contributed by atoms with Crippen LogP contribution in [0.25, 0.3) is 5.69 Å². The summed E-state index contributed by atoms with van der Waals surface area (Å²) in [7, 11) is 0. The Morgan fingerprint density at radius 1 is 1.30 bits per heavy atom. The van der Waals surface area contributed by atoms with E-state index in [9.17, 15) is 14.9 Å². The van der Waals surface area contributed by atoms with E-state index < -0.39 is 4.92 Å². The zero-order valence-corrected chi connectivity index (χ0v) is 16.7. The molecule has 0 unspecified atom stereocenters. The molecule has 0 aliphatic rings. The first-order chi connectivity index (χ1) is 13.0. The molecule has 0 bridgehead atoms. The molecule has 1 aromatic heterocycles. The monoisotopic (exact) mass is 446 g/mol. The Balaban J connectivity index is 1.70. The Morgan fingerprint density at radius 2 is 2.04 bits per heavy atom. The maximum atomic E-state index is 12.3. The highest BCUT2D eigenvalue weighted by molar-refractivity contribution is 9.10. The summed E-state index contributed by atoms with van der Waals surface area (Å²) in [5, 5.41) is 14.5. The van der Waals surface area contributed by atoms with E-state index in [4.69, 9.17) is 0 Å². The number of halogens is 1. The van der Waals surface area contributed by atoms with Crippen LogP contribution in [-0.2, 0) is 4.79 Å². The zero-order chi connectivity index (χ0) is 19.4. The molecule has 1 N–H and O–H groups in total. The molecule has 0 saturated carbocycles. The van der Waals surface area contributed by atoms with Crippen molar-refractivity contribution in [3.63, 3.8) is 0 Å². The Labute approximate surface area is 168 Å². The summed E-state index contributed by atoms with van der Waals surface area (Å²) in [5.41, 5.74) is 1.67. The molecule has 0 aliphatic carbocycles. The maximum Gasteiger partial charge on any atom is 0.293 e. The first-order valence-electron chi connectivity index (χ1n) is 7.91. The van der Waals surface area contributed by atoms with Gasteiger partial charge in [-0.05, 0) is 36.8 Å². The minimum atomic E-state index is -0.504. The molecule has 0 aliphatic heterocycles. The number of imidazole rings is 1. The van der Waals surface area contributed by atoms with Crippen molar-refractivity contribution in [2.75, 3.05) is 11.1 Å². The van der Waals surface area contributed by atoms with E-state index in [2.05, 4.69) is 26.2 Å². The fourth-order valence-electron chi connectivity index (χ4n) is 2.47. The molecule has 1 amide bonds. The number of carbonyl (C=O) groups excluding carboxylic acids is 1. The molecule has 9 heteroatoms. The average molecular weight is 447 g/mol. The number of carbonyl (C=O) groups is 1. The van der Waals surface area contributed by atoms with Crippen LogP contribution in [0.1, 0.15) is 5.56 Å². The summed E-state index contributed by atoms with van der Waals surface area (Å²) in [6.07, 6.45) is 3.48. The van der Waals surface area contributed by atoms with Crippen molar-refractivity contribution in [3.8, 4) is 5.69 Å². The fourth-order valence-corrected chi connectivity index (χ4v) is 3.50. The van der Waals surface area contributed by atoms with E-state index in [1.807, 2.05) is 35.0 Å². The Kier molecular flexibility index (Phi) is 5.92. The van der Waals surface area contributed by atoms with Crippen molar-refractivity contribution in [1.82, 2.24) is 9.55 Å². The Morgan fingerprint density at radius 3 is 2.74 bits per heavy atom. The molecule has 0 spiro atoms. The van der Waals surface area contributed by atoms with Gasteiger partial charge in [-0.25, -0.2) is 4.98 Å². The molecule has 2 aromatic carbocycles. The number of anilines is 1. The lowest BCUT2D eigenvalue weighted by Crippen LogP contribution is -2.16. The molecule has 0 fully saturated rings. The number of aromatic nitrogens is 2. The number of nitro benzene ring substituents is 1. The Bertz CT molecular complexity index is 989. The van der Waals surface area contributed by atoms with Gasteiger partial charge in [0, 0.05) is 28.6 Å². The first kappa shape index (κ1) is 19.1. The van der Waals surface area contributed by atoms with Gasteiger partial charge in [-0.2, -0.15) is 0 Å². The smallest absolute Gasteiger partial charge is 0.293 e. The second kappa shape index (κ2) is 8.36. The summed E-state index contributed by atoms with van der Waals surface area (Å²) < 4.78 is 2.85. The zero-order valence-electron chi connectivity index (χ0n) is 14.3. The van der Waals surface area contributed by atoms with Gasteiger partial charge < -0.3 is 5.32 Å². The lowest BCUT2D eigenvalue weighted by Gasteiger charge is -2.10. The number of nitrogens with one attached hydrogen (secondary N) is 1. The molecule has 7 nitrogen and oxygen atoms in total. The molecular weight excluding hydrogens is 432 g/mol. The van der Waals surface area contributed by atoms with Gasteiger partial charge in [-0.3, -0.25) is 19.5 Å². The second-order valence-corrected chi connectivity index (χ2v) is 7.48. The average Bonchev–Trinajstić information content (AvgIpc) is 3.10. The SMILES string of the molecule is Cc1cccc([N+](=O)[O-])c1NC(=O)CSc1nccn1-c1ccc(Br)cc1. The van der Waals surface area contributed by atoms with Crippen LogP contribution in [0.4, 0.5) is 11.4 Å². The van der Waals surface area contributed by atoms with Crippen molar-refractivity contribution in [1.29, 1.82) is 0 Å². The van der Waals surface area contributed by atoms with Gasteiger partial charge in [-0.1, -0.05) is 39.8 Å². The van der Waals surface area contributed by atoms with Crippen LogP contribution in [0.5, 0.6) is 0 Å². The molecule has 3 rings (SSSR count). The van der Waals surface area contributed by atoms with Gasteiger partial charge in [0.1, 0.15) is 5.69 Å². The van der Waals surface area contributed by atoms with Gasteiger partial charge in [0.2, 0.25) is 5.91 Å². The highest BCUT2D eigenvalue weighted by atomic mass is 79.9. The lowest BCUT2D eigenvalue weighted by atomic mass is 10.1. The quantitative estimate of drug-likeness (QED) is 0.339. The first-order valence-corrected chi connectivity index (χ1v) is 9.69. The fraction of sp³-hybridized carbons (Fsp3) is 0.111. The predicted molar refractivity (Wildman–Crippen MR) is 108 cm³/mol. The summed E-state index contributed by atoms with van der Waals surface area (Å²) in [5.74, 6) is -0.248. The van der Waals surface area contributed by atoms with Gasteiger partial charge in [0.15, 0.2) is 5.16 Å². The summed E-state index contributed by atoms with van der Waals surface area (Å²) in [6.45, 7) is 1.72. The second-order valence-electron chi connectivity index (χ2n) is 5.62. The Hall–Kier alpha value is -2.65. The van der Waals surface area contributed by atoms with E-state index in [1.54, 1.807) is 25.3 Å². The van der Waals surface area contributed by atoms with Crippen LogP contribution >= 0.6 is 27.7 Å². The number of thioether (sulfide) groups is 1. The number of hydrogen-bond donors (Lipinski definition) is 1. The molecular formula is C18H15BrN4O3S. The third-order valence-corrected chi connectivity index (χ3v) is 5.25. The number of amides is 1. The number of benzene rings is 2. The van der Waals surface area contributed by atoms with E-state index >= 15 is 0 Å². The van der Waals surface area contributed by atoms with E-state index in [1.165, 1.54) is 17.8 Å². The maximum absolute atomic E-state index is 12.3. The standard InChI is InChI=1S/C18H15BrN4O3S/c1-12-3-2-4-15(23(25)26)17(12)21-16(24)11-27-18-20-9-10-22(18)14-7-5-13(19)6-8-14/h2-10H,11H2,1H3,(H,21,24). The number of rotatable bonds is 6. The summed E-state index contributed by atoms with van der Waals surface area (Å²) >= 11 is 4.66. The van der Waals surface area contributed by atoms with Crippen molar-refractivity contribution in [2.24, 2.45) is 0 Å². The molecule has 1 heterocycles. The predicted octanol–water partition coefficient (Wildman–Crippen LogP) is 4.58. The van der Waals surface area contributed by atoms with Crippen LogP contribution < -0.4 is 5.32 Å². The van der Waals surface area contributed by atoms with Crippen molar-refractivity contribution < 1.29 is 9.72 Å². The van der Waals surface area contributed by atoms with Crippen molar-refractivity contribution in [3.05, 3.63) is 75.0 Å². The number of nitro groups is 1. The highest BCUT2D eigenvalue weighted by Gasteiger charge is 2.18. The van der Waals surface area contributed by atoms with E-state index in [0.717, 1.165) is 10.2 Å². The lowest BCUT2D eigenvalue weighted by molar-refractivity contribution is -0.384. The third kappa shape index (κ3) is 4.55. The van der Waals surface area contributed by atoms with Crippen LogP contribution in [0, 0.1) is 17.0 Å². The van der Waals surface area contributed by atoms with Gasteiger partial charge in [0.05, 0.1) is 10.7 Å². The van der Waals surface area contributed by atoms with E-state index in [0.29, 0.717) is 10.7 Å². The molecule has 0 radical (unpaired) electrons. The van der Waals surface area contributed by atoms with Crippen LogP contribution in [0.15, 0.2) is 64.5 Å². The van der Waals surface area contributed by atoms with Gasteiger partial charge in [-0.15, -0.1) is 0 Å². The van der Waals surface area contributed by atoms with Crippen molar-refractivity contribution >= 4 is 45.0 Å². The van der Waals surface area contributed by atoms with Crippen LogP contribution in [0.2, 0.25) is 0 Å². The summed E-state index contributed by atoms with van der Waals surface area (Å²) in [4.78, 5) is 27.3. The van der Waals surface area contributed by atoms with E-state index in [-0.39, 0.29) is 23.0 Å². The minimum Gasteiger partial charge on any atom is -0.319 e. The molecule has 3 aromatic rings. The largest absolute Gasteiger partial charge is 0.319 e. The molecule has 138 valence electrons. The number of para-hydroxylation sites is 1. The molecule has 0 saturated heterocycles.